The van der Waals surface area contributed by atoms with E-state index in [1.54, 1.807) is 0 Å². The van der Waals surface area contributed by atoms with Crippen molar-refractivity contribution in [1.82, 2.24) is 9.78 Å². The highest BCUT2D eigenvalue weighted by Gasteiger charge is 2.23. The zero-order valence-electron chi connectivity index (χ0n) is 14.7. The van der Waals surface area contributed by atoms with Crippen molar-refractivity contribution in [2.75, 3.05) is 0 Å². The summed E-state index contributed by atoms with van der Waals surface area (Å²) in [5.41, 5.74) is 7.07. The fourth-order valence-electron chi connectivity index (χ4n) is 3.81. The predicted octanol–water partition coefficient (Wildman–Crippen LogP) is 5.08. The molecule has 0 amide bonds. The molecule has 0 saturated carbocycles. The summed E-state index contributed by atoms with van der Waals surface area (Å²) in [6.07, 6.45) is 6.49. The van der Waals surface area contributed by atoms with Crippen molar-refractivity contribution < 1.29 is 5.11 Å². The number of benzene rings is 2. The molecule has 0 radical (unpaired) electrons. The molecule has 0 spiro atoms. The van der Waals surface area contributed by atoms with Crippen molar-refractivity contribution in [2.45, 2.75) is 45.4 Å². The summed E-state index contributed by atoms with van der Waals surface area (Å²) in [4.78, 5) is 0. The van der Waals surface area contributed by atoms with Gasteiger partial charge in [-0.1, -0.05) is 31.5 Å². The molecular weight excluding hydrogens is 308 g/mol. The maximum atomic E-state index is 10.2. The van der Waals surface area contributed by atoms with Crippen LogP contribution in [0.5, 0.6) is 5.75 Å². The molecule has 0 atom stereocenters. The minimum atomic E-state index is 0.394. The molecule has 1 N–H and O–H groups in total. The highest BCUT2D eigenvalue weighted by atomic mass is 16.3. The standard InChI is InChI=1S/C22H24N2O/c1-2-8-16-15-17(13-14-21(16)25)22-19-11-6-7-12-20(19)23-24(22)18-9-4-3-5-10-18/h3-5,9-10,13-15,25H,2,6-8,11-12H2,1H3. The molecule has 3 heteroatoms. The number of hydrogen-bond acceptors (Lipinski definition) is 2. The summed E-state index contributed by atoms with van der Waals surface area (Å²) < 4.78 is 2.10. The summed E-state index contributed by atoms with van der Waals surface area (Å²) in [7, 11) is 0. The van der Waals surface area contributed by atoms with Gasteiger partial charge in [-0.05, 0) is 68.0 Å². The first-order valence-corrected chi connectivity index (χ1v) is 9.26. The molecule has 0 aliphatic heterocycles. The summed E-state index contributed by atoms with van der Waals surface area (Å²) in [5.74, 6) is 0.394. The van der Waals surface area contributed by atoms with E-state index < -0.39 is 0 Å². The second-order valence-electron chi connectivity index (χ2n) is 6.82. The Morgan fingerprint density at radius 3 is 2.64 bits per heavy atom. The van der Waals surface area contributed by atoms with Crippen LogP contribution in [-0.2, 0) is 19.3 Å². The number of rotatable bonds is 4. The van der Waals surface area contributed by atoms with E-state index in [1.807, 2.05) is 18.2 Å². The minimum Gasteiger partial charge on any atom is -0.508 e. The van der Waals surface area contributed by atoms with Crippen molar-refractivity contribution in [3.63, 3.8) is 0 Å². The Balaban J connectivity index is 1.91. The number of aromatic hydroxyl groups is 1. The maximum Gasteiger partial charge on any atom is 0.118 e. The van der Waals surface area contributed by atoms with Crippen LogP contribution in [0, 0.1) is 0 Å². The smallest absolute Gasteiger partial charge is 0.118 e. The molecule has 0 bridgehead atoms. The van der Waals surface area contributed by atoms with E-state index in [4.69, 9.17) is 5.10 Å². The third kappa shape index (κ3) is 2.95. The van der Waals surface area contributed by atoms with Crippen molar-refractivity contribution >= 4 is 0 Å². The first-order chi connectivity index (χ1) is 12.3. The van der Waals surface area contributed by atoms with Crippen LogP contribution in [0.1, 0.15) is 43.0 Å². The Labute approximate surface area is 148 Å². The predicted molar refractivity (Wildman–Crippen MR) is 101 cm³/mol. The van der Waals surface area contributed by atoms with Gasteiger partial charge in [0.25, 0.3) is 0 Å². The molecular formula is C22H24N2O. The lowest BCUT2D eigenvalue weighted by Crippen LogP contribution is -2.01. The Morgan fingerprint density at radius 1 is 1.04 bits per heavy atom. The van der Waals surface area contributed by atoms with Crippen LogP contribution < -0.4 is 0 Å². The average Bonchev–Trinajstić information content (AvgIpc) is 3.04. The largest absolute Gasteiger partial charge is 0.508 e. The van der Waals surface area contributed by atoms with Crippen molar-refractivity contribution in [3.05, 3.63) is 65.4 Å². The molecule has 3 aromatic rings. The van der Waals surface area contributed by atoms with Gasteiger partial charge in [0.15, 0.2) is 0 Å². The Hall–Kier alpha value is -2.55. The van der Waals surface area contributed by atoms with Gasteiger partial charge in [-0.2, -0.15) is 5.10 Å². The molecule has 128 valence electrons. The Morgan fingerprint density at radius 2 is 1.84 bits per heavy atom. The fourth-order valence-corrected chi connectivity index (χ4v) is 3.81. The molecule has 25 heavy (non-hydrogen) atoms. The molecule has 1 aliphatic rings. The van der Waals surface area contributed by atoms with Gasteiger partial charge in [0.2, 0.25) is 0 Å². The topological polar surface area (TPSA) is 38.0 Å². The molecule has 0 fully saturated rings. The van der Waals surface area contributed by atoms with Gasteiger partial charge < -0.3 is 5.11 Å². The summed E-state index contributed by atoms with van der Waals surface area (Å²) >= 11 is 0. The van der Waals surface area contributed by atoms with E-state index >= 15 is 0 Å². The number of phenols is 1. The number of fused-ring (bicyclic) bond motifs is 1. The highest BCUT2D eigenvalue weighted by Crippen LogP contribution is 2.35. The van der Waals surface area contributed by atoms with Gasteiger partial charge in [0.1, 0.15) is 5.75 Å². The van der Waals surface area contributed by atoms with Gasteiger partial charge in [-0.3, -0.25) is 0 Å². The first-order valence-electron chi connectivity index (χ1n) is 9.26. The maximum absolute atomic E-state index is 10.2. The molecule has 1 aromatic heterocycles. The first kappa shape index (κ1) is 15.9. The second kappa shape index (κ2) is 6.75. The summed E-state index contributed by atoms with van der Waals surface area (Å²) in [5, 5.41) is 15.1. The summed E-state index contributed by atoms with van der Waals surface area (Å²) in [6.45, 7) is 2.14. The zero-order chi connectivity index (χ0) is 17.2. The molecule has 1 heterocycles. The van der Waals surface area contributed by atoms with Crippen LogP contribution >= 0.6 is 0 Å². The van der Waals surface area contributed by atoms with Gasteiger partial charge in [-0.25, -0.2) is 4.68 Å². The van der Waals surface area contributed by atoms with Crippen LogP contribution in [0.2, 0.25) is 0 Å². The van der Waals surface area contributed by atoms with Gasteiger partial charge in [0, 0.05) is 11.1 Å². The van der Waals surface area contributed by atoms with Crippen LogP contribution in [0.25, 0.3) is 16.9 Å². The number of aromatic nitrogens is 2. The van der Waals surface area contributed by atoms with Crippen molar-refractivity contribution in [2.24, 2.45) is 0 Å². The number of phenolic OH excluding ortho intramolecular Hbond substituents is 1. The molecule has 3 nitrogen and oxygen atoms in total. The normalized spacial score (nSPS) is 13.6. The second-order valence-corrected chi connectivity index (χ2v) is 6.82. The monoisotopic (exact) mass is 332 g/mol. The molecule has 2 aromatic carbocycles. The fraction of sp³-hybridized carbons (Fsp3) is 0.318. The number of aryl methyl sites for hydroxylation is 2. The van der Waals surface area contributed by atoms with Crippen molar-refractivity contribution in [1.29, 1.82) is 0 Å². The van der Waals surface area contributed by atoms with Crippen LogP contribution in [0.15, 0.2) is 48.5 Å². The van der Waals surface area contributed by atoms with E-state index in [0.29, 0.717) is 5.75 Å². The SMILES string of the molecule is CCCc1cc(-c2c3c(nn2-c2ccccc2)CCCC3)ccc1O. The number of nitrogens with zero attached hydrogens (tertiary/aromatic N) is 2. The Kier molecular flexibility index (Phi) is 4.31. The number of para-hydroxylation sites is 1. The van der Waals surface area contributed by atoms with Gasteiger partial charge in [0.05, 0.1) is 17.1 Å². The number of hydrogen-bond donors (Lipinski definition) is 1. The average molecular weight is 332 g/mol. The third-order valence-electron chi connectivity index (χ3n) is 5.03. The summed E-state index contributed by atoms with van der Waals surface area (Å²) in [6, 6.07) is 16.4. The van der Waals surface area contributed by atoms with E-state index in [0.717, 1.165) is 42.5 Å². The molecule has 0 unspecified atom stereocenters. The minimum absolute atomic E-state index is 0.394. The lowest BCUT2D eigenvalue weighted by molar-refractivity contribution is 0.467. The lowest BCUT2D eigenvalue weighted by atomic mass is 9.92. The van der Waals surface area contributed by atoms with E-state index in [-0.39, 0.29) is 0 Å². The zero-order valence-corrected chi connectivity index (χ0v) is 14.7. The third-order valence-corrected chi connectivity index (χ3v) is 5.03. The van der Waals surface area contributed by atoms with E-state index in [9.17, 15) is 5.11 Å². The lowest BCUT2D eigenvalue weighted by Gasteiger charge is -2.14. The molecule has 1 aliphatic carbocycles. The highest BCUT2D eigenvalue weighted by molar-refractivity contribution is 5.69. The van der Waals surface area contributed by atoms with Gasteiger partial charge in [-0.15, -0.1) is 0 Å². The molecule has 0 saturated heterocycles. The van der Waals surface area contributed by atoms with Crippen LogP contribution in [-0.4, -0.2) is 14.9 Å². The van der Waals surface area contributed by atoms with Gasteiger partial charge >= 0.3 is 0 Å². The quantitative estimate of drug-likeness (QED) is 0.724. The van der Waals surface area contributed by atoms with Crippen LogP contribution in [0.3, 0.4) is 0 Å². The van der Waals surface area contributed by atoms with E-state index in [2.05, 4.69) is 41.9 Å². The molecule has 4 rings (SSSR count). The van der Waals surface area contributed by atoms with E-state index in [1.165, 1.54) is 29.8 Å². The Bertz CT molecular complexity index is 881. The van der Waals surface area contributed by atoms with Crippen molar-refractivity contribution in [3.8, 4) is 22.7 Å². The van der Waals surface area contributed by atoms with Crippen LogP contribution in [0.4, 0.5) is 0 Å².